The second-order valence-corrected chi connectivity index (χ2v) is 6.39. The Labute approximate surface area is 122 Å². The van der Waals surface area contributed by atoms with E-state index in [4.69, 9.17) is 11.6 Å². The van der Waals surface area contributed by atoms with E-state index in [1.807, 2.05) is 0 Å². The molecule has 0 bridgehead atoms. The van der Waals surface area contributed by atoms with Crippen LogP contribution in [0, 0.1) is 25.7 Å². The Kier molecular flexibility index (Phi) is 5.72. The highest BCUT2D eigenvalue weighted by atomic mass is 35.5. The van der Waals surface area contributed by atoms with Crippen molar-refractivity contribution in [3.63, 3.8) is 0 Å². The van der Waals surface area contributed by atoms with E-state index in [0.717, 1.165) is 30.8 Å². The molecule has 1 aromatic rings. The summed E-state index contributed by atoms with van der Waals surface area (Å²) in [7, 11) is 0. The lowest BCUT2D eigenvalue weighted by Gasteiger charge is -2.30. The highest BCUT2D eigenvalue weighted by Crippen LogP contribution is 2.30. The molecule has 19 heavy (non-hydrogen) atoms. The summed E-state index contributed by atoms with van der Waals surface area (Å²) in [5.74, 6) is 2.33. The Morgan fingerprint density at radius 2 is 1.68 bits per heavy atom. The topological polar surface area (TPSA) is 12.0 Å². The molecule has 106 valence electrons. The van der Waals surface area contributed by atoms with Gasteiger partial charge in [-0.3, -0.25) is 0 Å². The predicted molar refractivity (Wildman–Crippen MR) is 83.8 cm³/mol. The van der Waals surface area contributed by atoms with Crippen LogP contribution < -0.4 is 5.32 Å². The molecule has 1 aliphatic rings. The Hall–Kier alpha value is -0.530. The van der Waals surface area contributed by atoms with Gasteiger partial charge < -0.3 is 5.32 Å². The second kappa shape index (κ2) is 7.31. The van der Waals surface area contributed by atoms with Crippen molar-refractivity contribution in [1.29, 1.82) is 0 Å². The van der Waals surface area contributed by atoms with Gasteiger partial charge in [-0.1, -0.05) is 42.2 Å². The van der Waals surface area contributed by atoms with E-state index in [1.54, 1.807) is 0 Å². The van der Waals surface area contributed by atoms with E-state index < -0.39 is 0 Å². The Bertz CT molecular complexity index is 382. The molecule has 1 nitrogen and oxygen atoms in total. The van der Waals surface area contributed by atoms with Gasteiger partial charge >= 0.3 is 0 Å². The molecule has 1 aliphatic carbocycles. The molecule has 0 amide bonds. The third-order valence-electron chi connectivity index (χ3n) is 4.28. The van der Waals surface area contributed by atoms with Gasteiger partial charge in [-0.25, -0.2) is 0 Å². The van der Waals surface area contributed by atoms with Gasteiger partial charge in [0, 0.05) is 12.4 Å². The van der Waals surface area contributed by atoms with Crippen LogP contribution in [-0.4, -0.2) is 12.4 Å². The largest absolute Gasteiger partial charge is 0.312 e. The average molecular weight is 280 g/mol. The normalized spacial score (nSPS) is 23.5. The lowest BCUT2D eigenvalue weighted by molar-refractivity contribution is 0.250. The minimum absolute atomic E-state index is 0.724. The molecule has 1 aromatic carbocycles. The molecule has 2 rings (SSSR count). The lowest BCUT2D eigenvalue weighted by atomic mass is 9.80. The lowest BCUT2D eigenvalue weighted by Crippen LogP contribution is -2.31. The Morgan fingerprint density at radius 1 is 1.05 bits per heavy atom. The van der Waals surface area contributed by atoms with Gasteiger partial charge in [0.1, 0.15) is 0 Å². The first kappa shape index (κ1) is 14.9. The first-order valence-electron chi connectivity index (χ1n) is 7.53. The number of benzene rings is 1. The summed E-state index contributed by atoms with van der Waals surface area (Å²) in [5, 5.41) is 3.63. The molecule has 0 heterocycles. The highest BCUT2D eigenvalue weighted by Gasteiger charge is 2.23. The van der Waals surface area contributed by atoms with Crippen molar-refractivity contribution < 1.29 is 0 Å². The van der Waals surface area contributed by atoms with Gasteiger partial charge in [0.2, 0.25) is 0 Å². The molecule has 2 unspecified atom stereocenters. The summed E-state index contributed by atoms with van der Waals surface area (Å²) in [4.78, 5) is 0. The van der Waals surface area contributed by atoms with Crippen LogP contribution in [0.5, 0.6) is 0 Å². The van der Waals surface area contributed by atoms with Crippen LogP contribution >= 0.6 is 11.6 Å². The maximum Gasteiger partial charge on any atom is 0.0254 e. The van der Waals surface area contributed by atoms with E-state index in [1.165, 1.54) is 42.4 Å². The molecule has 1 N–H and O–H groups in total. The third kappa shape index (κ3) is 4.50. The molecule has 2 atom stereocenters. The first-order chi connectivity index (χ1) is 9.19. The zero-order chi connectivity index (χ0) is 13.7. The smallest absolute Gasteiger partial charge is 0.0254 e. The van der Waals surface area contributed by atoms with Crippen LogP contribution in [0.3, 0.4) is 0 Å². The SMILES string of the molecule is Cc1cc(C)cc(CNCC2CCCCC2CCl)c1. The summed E-state index contributed by atoms with van der Waals surface area (Å²) >= 11 is 6.08. The fraction of sp³-hybridized carbons (Fsp3) is 0.647. The fourth-order valence-corrected chi connectivity index (χ4v) is 3.74. The van der Waals surface area contributed by atoms with Gasteiger partial charge in [-0.2, -0.15) is 0 Å². The molecule has 1 saturated carbocycles. The summed E-state index contributed by atoms with van der Waals surface area (Å²) in [6, 6.07) is 6.79. The Morgan fingerprint density at radius 3 is 2.32 bits per heavy atom. The van der Waals surface area contributed by atoms with Crippen LogP contribution in [-0.2, 0) is 6.54 Å². The van der Waals surface area contributed by atoms with Crippen LogP contribution in [0.1, 0.15) is 42.4 Å². The number of hydrogen-bond acceptors (Lipinski definition) is 1. The van der Waals surface area contributed by atoms with E-state index >= 15 is 0 Å². The quantitative estimate of drug-likeness (QED) is 0.786. The van der Waals surface area contributed by atoms with Crippen molar-refractivity contribution in [2.45, 2.75) is 46.1 Å². The van der Waals surface area contributed by atoms with Gasteiger partial charge in [0.15, 0.2) is 0 Å². The number of nitrogens with one attached hydrogen (secondary N) is 1. The molecule has 0 spiro atoms. The summed E-state index contributed by atoms with van der Waals surface area (Å²) < 4.78 is 0. The number of hydrogen-bond donors (Lipinski definition) is 1. The number of alkyl halides is 1. The van der Waals surface area contributed by atoms with E-state index in [0.29, 0.717) is 0 Å². The number of rotatable bonds is 5. The minimum Gasteiger partial charge on any atom is -0.312 e. The van der Waals surface area contributed by atoms with Crippen LogP contribution in [0.25, 0.3) is 0 Å². The zero-order valence-corrected chi connectivity index (χ0v) is 13.0. The highest BCUT2D eigenvalue weighted by molar-refractivity contribution is 6.18. The maximum atomic E-state index is 6.08. The van der Waals surface area contributed by atoms with Crippen molar-refractivity contribution in [2.75, 3.05) is 12.4 Å². The van der Waals surface area contributed by atoms with Gasteiger partial charge in [-0.15, -0.1) is 11.6 Å². The minimum atomic E-state index is 0.724. The van der Waals surface area contributed by atoms with Crippen LogP contribution in [0.15, 0.2) is 18.2 Å². The molecular weight excluding hydrogens is 254 g/mol. The monoisotopic (exact) mass is 279 g/mol. The number of aryl methyl sites for hydroxylation is 2. The molecule has 0 aromatic heterocycles. The van der Waals surface area contributed by atoms with Crippen molar-refractivity contribution in [2.24, 2.45) is 11.8 Å². The zero-order valence-electron chi connectivity index (χ0n) is 12.2. The van der Waals surface area contributed by atoms with Crippen LogP contribution in [0.2, 0.25) is 0 Å². The van der Waals surface area contributed by atoms with Crippen molar-refractivity contribution in [1.82, 2.24) is 5.32 Å². The maximum absolute atomic E-state index is 6.08. The van der Waals surface area contributed by atoms with Crippen LogP contribution in [0.4, 0.5) is 0 Å². The molecule has 0 aliphatic heterocycles. The average Bonchev–Trinajstić information content (AvgIpc) is 2.38. The fourth-order valence-electron chi connectivity index (χ4n) is 3.33. The number of halogens is 1. The molecule has 1 fully saturated rings. The van der Waals surface area contributed by atoms with Gasteiger partial charge in [0.05, 0.1) is 0 Å². The second-order valence-electron chi connectivity index (χ2n) is 6.09. The molecule has 2 heteroatoms. The summed E-state index contributed by atoms with van der Waals surface area (Å²) in [6.07, 6.45) is 5.41. The standard InChI is InChI=1S/C17H26ClN/c1-13-7-14(2)9-15(8-13)11-19-12-17-6-4-3-5-16(17)10-18/h7-9,16-17,19H,3-6,10-12H2,1-2H3. The van der Waals surface area contributed by atoms with Crippen molar-refractivity contribution >= 4 is 11.6 Å². The summed E-state index contributed by atoms with van der Waals surface area (Å²) in [6.45, 7) is 6.43. The Balaban J connectivity index is 1.82. The van der Waals surface area contributed by atoms with E-state index in [9.17, 15) is 0 Å². The summed E-state index contributed by atoms with van der Waals surface area (Å²) in [5.41, 5.74) is 4.11. The molecular formula is C17H26ClN. The van der Waals surface area contributed by atoms with E-state index in [2.05, 4.69) is 37.4 Å². The predicted octanol–water partition coefficient (Wildman–Crippen LogP) is 4.44. The van der Waals surface area contributed by atoms with Gasteiger partial charge in [0.25, 0.3) is 0 Å². The third-order valence-corrected chi connectivity index (χ3v) is 4.68. The van der Waals surface area contributed by atoms with Gasteiger partial charge in [-0.05, 0) is 50.6 Å². The first-order valence-corrected chi connectivity index (χ1v) is 8.06. The van der Waals surface area contributed by atoms with Crippen molar-refractivity contribution in [3.8, 4) is 0 Å². The molecule has 0 radical (unpaired) electrons. The van der Waals surface area contributed by atoms with E-state index in [-0.39, 0.29) is 0 Å². The molecule has 0 saturated heterocycles. The van der Waals surface area contributed by atoms with Crippen molar-refractivity contribution in [3.05, 3.63) is 34.9 Å².